The van der Waals surface area contributed by atoms with Crippen LogP contribution in [0.5, 0.6) is 0 Å². The maximum Gasteiger partial charge on any atom is 0.336 e. The van der Waals surface area contributed by atoms with Crippen LogP contribution in [0.15, 0.2) is 107 Å². The fourth-order valence-corrected chi connectivity index (χ4v) is 3.41. The van der Waals surface area contributed by atoms with Crippen molar-refractivity contribution in [2.45, 2.75) is 6.17 Å². The van der Waals surface area contributed by atoms with Crippen molar-refractivity contribution < 1.29 is 9.90 Å². The molecule has 1 aliphatic heterocycles. The van der Waals surface area contributed by atoms with Crippen molar-refractivity contribution >= 4 is 17.9 Å². The van der Waals surface area contributed by atoms with Crippen molar-refractivity contribution in [3.8, 4) is 17.2 Å². The summed E-state index contributed by atoms with van der Waals surface area (Å²) in [7, 11) is 0. The lowest BCUT2D eigenvalue weighted by Gasteiger charge is -2.26. The van der Waals surface area contributed by atoms with Crippen LogP contribution in [0.25, 0.3) is 16.8 Å². The fraction of sp³-hybridized carbons (Fsp3) is 0.0385. The van der Waals surface area contributed by atoms with E-state index in [4.69, 9.17) is 0 Å². The van der Waals surface area contributed by atoms with E-state index in [1.165, 1.54) is 6.08 Å². The lowest BCUT2D eigenvalue weighted by molar-refractivity contribution is -0.132. The number of nitriles is 1. The summed E-state index contributed by atoms with van der Waals surface area (Å²) >= 11 is 0. The molecule has 1 heterocycles. The standard InChI is InChI=1S/C26H20N4O2/c27-16-23-22(26(31)32)15-24(29-25(23)30-28-17-18-7-3-1-4-8-18)21-13-11-20(12-14-21)19-9-5-2-6-10-19/h1-15,17,25,29-30H,(H,31,32)/b28-17+. The Balaban J connectivity index is 1.61. The fourth-order valence-electron chi connectivity index (χ4n) is 3.41. The van der Waals surface area contributed by atoms with Gasteiger partial charge in [-0.2, -0.15) is 10.4 Å². The number of carboxylic acids is 1. The zero-order valence-electron chi connectivity index (χ0n) is 17.1. The van der Waals surface area contributed by atoms with Gasteiger partial charge in [-0.1, -0.05) is 84.9 Å². The Hall–Kier alpha value is -4.63. The van der Waals surface area contributed by atoms with Gasteiger partial charge in [-0.25, -0.2) is 4.79 Å². The van der Waals surface area contributed by atoms with Crippen molar-refractivity contribution in [3.63, 3.8) is 0 Å². The van der Waals surface area contributed by atoms with Crippen molar-refractivity contribution in [3.05, 3.63) is 113 Å². The highest BCUT2D eigenvalue weighted by Gasteiger charge is 2.27. The molecule has 0 spiro atoms. The number of rotatable bonds is 6. The van der Waals surface area contributed by atoms with E-state index in [-0.39, 0.29) is 11.1 Å². The summed E-state index contributed by atoms with van der Waals surface area (Å²) < 4.78 is 0. The minimum Gasteiger partial charge on any atom is -0.478 e. The number of benzene rings is 3. The van der Waals surface area contributed by atoms with E-state index in [1.807, 2.05) is 91.0 Å². The third-order valence-electron chi connectivity index (χ3n) is 5.04. The first kappa shape index (κ1) is 20.6. The normalized spacial score (nSPS) is 15.6. The minimum absolute atomic E-state index is 0.0624. The molecule has 0 aliphatic carbocycles. The van der Waals surface area contributed by atoms with Crippen molar-refractivity contribution in [2.24, 2.45) is 5.10 Å². The molecule has 0 saturated heterocycles. The van der Waals surface area contributed by atoms with Gasteiger partial charge in [0.15, 0.2) is 0 Å². The maximum absolute atomic E-state index is 11.8. The van der Waals surface area contributed by atoms with Crippen LogP contribution in [0.2, 0.25) is 0 Å². The van der Waals surface area contributed by atoms with E-state index in [0.717, 1.165) is 22.3 Å². The van der Waals surface area contributed by atoms with Gasteiger partial charge < -0.3 is 10.4 Å². The zero-order valence-corrected chi connectivity index (χ0v) is 17.1. The maximum atomic E-state index is 11.8. The monoisotopic (exact) mass is 420 g/mol. The molecule has 0 saturated carbocycles. The topological polar surface area (TPSA) is 97.5 Å². The lowest BCUT2D eigenvalue weighted by Crippen LogP contribution is -2.43. The molecule has 6 heteroatoms. The minimum atomic E-state index is -1.17. The van der Waals surface area contributed by atoms with Crippen molar-refractivity contribution in [2.75, 3.05) is 0 Å². The second kappa shape index (κ2) is 9.45. The molecule has 4 rings (SSSR count). The first-order valence-corrected chi connectivity index (χ1v) is 10.0. The summed E-state index contributed by atoms with van der Waals surface area (Å²) in [4.78, 5) is 11.8. The summed E-state index contributed by atoms with van der Waals surface area (Å²) in [6, 6.07) is 29.2. The van der Waals surface area contributed by atoms with E-state index < -0.39 is 12.1 Å². The molecular formula is C26H20N4O2. The largest absolute Gasteiger partial charge is 0.478 e. The molecule has 1 unspecified atom stereocenters. The second-order valence-electron chi connectivity index (χ2n) is 7.12. The van der Waals surface area contributed by atoms with Gasteiger partial charge in [-0.05, 0) is 28.3 Å². The molecule has 0 amide bonds. The Kier molecular flexibility index (Phi) is 6.10. The third kappa shape index (κ3) is 4.58. The number of hydrazone groups is 1. The number of hydrogen-bond donors (Lipinski definition) is 3. The SMILES string of the molecule is N#CC1=C(C(=O)O)C=C(c2ccc(-c3ccccc3)cc2)NC1N/N=C/c1ccccc1. The highest BCUT2D eigenvalue weighted by atomic mass is 16.4. The summed E-state index contributed by atoms with van der Waals surface area (Å²) in [5.74, 6) is -1.17. The molecule has 0 fully saturated rings. The third-order valence-corrected chi connectivity index (χ3v) is 5.04. The number of nitrogens with one attached hydrogen (secondary N) is 2. The smallest absolute Gasteiger partial charge is 0.336 e. The number of aliphatic carboxylic acids is 1. The Labute approximate surface area is 185 Å². The summed E-state index contributed by atoms with van der Waals surface area (Å²) in [5.41, 5.74) is 7.29. The predicted molar refractivity (Wildman–Crippen MR) is 124 cm³/mol. The Morgan fingerprint density at radius 2 is 1.53 bits per heavy atom. The second-order valence-corrected chi connectivity index (χ2v) is 7.12. The molecule has 3 N–H and O–H groups in total. The molecule has 0 radical (unpaired) electrons. The van der Waals surface area contributed by atoms with E-state index >= 15 is 0 Å². The molecule has 0 aromatic heterocycles. The lowest BCUT2D eigenvalue weighted by atomic mass is 9.97. The van der Waals surface area contributed by atoms with Crippen LogP contribution in [-0.4, -0.2) is 23.5 Å². The molecule has 6 nitrogen and oxygen atoms in total. The van der Waals surface area contributed by atoms with Crippen LogP contribution < -0.4 is 10.7 Å². The average Bonchev–Trinajstić information content (AvgIpc) is 2.85. The summed E-state index contributed by atoms with van der Waals surface area (Å²) in [5, 5.41) is 26.6. The predicted octanol–water partition coefficient (Wildman–Crippen LogP) is 4.15. The summed E-state index contributed by atoms with van der Waals surface area (Å²) in [6.07, 6.45) is 2.32. The van der Waals surface area contributed by atoms with Gasteiger partial charge in [0.25, 0.3) is 0 Å². The molecule has 3 aromatic carbocycles. The Morgan fingerprint density at radius 3 is 2.16 bits per heavy atom. The molecular weight excluding hydrogens is 400 g/mol. The van der Waals surface area contributed by atoms with Crippen LogP contribution in [0.1, 0.15) is 11.1 Å². The first-order chi connectivity index (χ1) is 15.7. The van der Waals surface area contributed by atoms with Gasteiger partial charge in [0.2, 0.25) is 0 Å². The molecule has 0 bridgehead atoms. The highest BCUT2D eigenvalue weighted by Crippen LogP contribution is 2.26. The van der Waals surface area contributed by atoms with Crippen molar-refractivity contribution in [1.82, 2.24) is 10.7 Å². The number of carbonyl (C=O) groups is 1. The van der Waals surface area contributed by atoms with Crippen molar-refractivity contribution in [1.29, 1.82) is 5.26 Å². The molecule has 156 valence electrons. The van der Waals surface area contributed by atoms with Gasteiger partial charge in [0.1, 0.15) is 6.17 Å². The number of nitrogens with zero attached hydrogens (tertiary/aromatic N) is 2. The zero-order chi connectivity index (χ0) is 22.3. The van der Waals surface area contributed by atoms with E-state index in [1.54, 1.807) is 6.21 Å². The first-order valence-electron chi connectivity index (χ1n) is 10.0. The summed E-state index contributed by atoms with van der Waals surface area (Å²) in [6.45, 7) is 0. The Bertz CT molecular complexity index is 1240. The van der Waals surface area contributed by atoms with Crippen LogP contribution in [-0.2, 0) is 4.79 Å². The molecule has 3 aromatic rings. The van der Waals surface area contributed by atoms with Gasteiger partial charge in [0, 0.05) is 5.70 Å². The number of hydrogen-bond acceptors (Lipinski definition) is 5. The quantitative estimate of drug-likeness (QED) is 0.411. The number of dihydropyridines is 1. The van der Waals surface area contributed by atoms with Crippen LogP contribution >= 0.6 is 0 Å². The van der Waals surface area contributed by atoms with E-state index in [0.29, 0.717) is 5.70 Å². The van der Waals surface area contributed by atoms with Gasteiger partial charge in [0.05, 0.1) is 23.4 Å². The average molecular weight is 420 g/mol. The van der Waals surface area contributed by atoms with Crippen LogP contribution in [0.3, 0.4) is 0 Å². The van der Waals surface area contributed by atoms with E-state index in [9.17, 15) is 15.2 Å². The Morgan fingerprint density at radius 1 is 0.938 bits per heavy atom. The molecule has 1 atom stereocenters. The molecule has 32 heavy (non-hydrogen) atoms. The van der Waals surface area contributed by atoms with E-state index in [2.05, 4.69) is 15.8 Å². The molecule has 1 aliphatic rings. The number of carboxylic acid groups (broad SMARTS) is 1. The van der Waals surface area contributed by atoms with Gasteiger partial charge >= 0.3 is 5.97 Å². The van der Waals surface area contributed by atoms with Crippen LogP contribution in [0.4, 0.5) is 0 Å². The van der Waals surface area contributed by atoms with Crippen LogP contribution in [0, 0.1) is 11.3 Å². The van der Waals surface area contributed by atoms with Gasteiger partial charge in [-0.3, -0.25) is 5.43 Å². The van der Waals surface area contributed by atoms with Gasteiger partial charge in [-0.15, -0.1) is 0 Å². The highest BCUT2D eigenvalue weighted by molar-refractivity contribution is 5.95.